The maximum absolute atomic E-state index is 14.2. The van der Waals surface area contributed by atoms with Gasteiger partial charge in [0.05, 0.1) is 47.2 Å². The smallest absolute Gasteiger partial charge is 0.254 e. The van der Waals surface area contributed by atoms with E-state index in [1.807, 2.05) is 49.4 Å². The summed E-state index contributed by atoms with van der Waals surface area (Å²) in [7, 11) is 7.85. The van der Waals surface area contributed by atoms with E-state index in [1.165, 1.54) is 0 Å². The minimum atomic E-state index is -0.699. The number of para-hydroxylation sites is 3. The number of methoxy groups -OCH3 is 5. The standard InChI is InChI=1S/C34H36N2O7/c1-19-30(34(38)36-23-11-7-8-12-26(23)39-2)31(22-10-9-13-28(41-4)33(22)43-6)32-24(35-19)16-21(17-25(32)37)20-14-15-27(40-3)29(18-20)42-5/h7-15,18,21,31,35H,16-17H2,1-6H3,(H,36,38). The van der Waals surface area contributed by atoms with E-state index < -0.39 is 5.92 Å². The molecule has 2 unspecified atom stereocenters. The molecule has 3 aromatic rings. The quantitative estimate of drug-likeness (QED) is 0.329. The summed E-state index contributed by atoms with van der Waals surface area (Å²) in [5.74, 6) is 1.53. The summed E-state index contributed by atoms with van der Waals surface area (Å²) in [4.78, 5) is 28.2. The summed E-state index contributed by atoms with van der Waals surface area (Å²) in [6.07, 6.45) is 0.831. The highest BCUT2D eigenvalue weighted by molar-refractivity contribution is 6.10. The summed E-state index contributed by atoms with van der Waals surface area (Å²) in [5, 5.41) is 6.43. The molecule has 1 aliphatic heterocycles. The number of Topliss-reactive ketones (excluding diaryl/α,β-unsaturated/α-hetero) is 1. The average Bonchev–Trinajstić information content (AvgIpc) is 3.03. The highest BCUT2D eigenvalue weighted by Crippen LogP contribution is 2.50. The first kappa shape index (κ1) is 29.6. The minimum Gasteiger partial charge on any atom is -0.495 e. The van der Waals surface area contributed by atoms with E-state index >= 15 is 0 Å². The Hall–Kier alpha value is -4.92. The Morgan fingerprint density at radius 2 is 1.49 bits per heavy atom. The molecule has 43 heavy (non-hydrogen) atoms. The molecule has 0 fully saturated rings. The molecule has 0 spiro atoms. The summed E-state index contributed by atoms with van der Waals surface area (Å²) in [6.45, 7) is 1.85. The van der Waals surface area contributed by atoms with Crippen molar-refractivity contribution < 1.29 is 33.3 Å². The Bertz CT molecular complexity index is 1620. The molecule has 0 saturated heterocycles. The van der Waals surface area contributed by atoms with Crippen LogP contribution in [-0.2, 0) is 9.59 Å². The van der Waals surface area contributed by atoms with Gasteiger partial charge < -0.3 is 34.3 Å². The first-order valence-electron chi connectivity index (χ1n) is 14.0. The van der Waals surface area contributed by atoms with Gasteiger partial charge in [-0.05, 0) is 55.2 Å². The van der Waals surface area contributed by atoms with Crippen molar-refractivity contribution in [2.24, 2.45) is 0 Å². The number of rotatable bonds is 9. The zero-order valence-electron chi connectivity index (χ0n) is 25.2. The van der Waals surface area contributed by atoms with Crippen LogP contribution < -0.4 is 34.3 Å². The van der Waals surface area contributed by atoms with Crippen molar-refractivity contribution in [2.75, 3.05) is 40.9 Å². The van der Waals surface area contributed by atoms with E-state index in [2.05, 4.69) is 10.6 Å². The van der Waals surface area contributed by atoms with Gasteiger partial charge in [0.15, 0.2) is 28.8 Å². The van der Waals surface area contributed by atoms with E-state index in [1.54, 1.807) is 53.7 Å². The lowest BCUT2D eigenvalue weighted by molar-refractivity contribution is -0.116. The fourth-order valence-electron chi connectivity index (χ4n) is 6.07. The number of hydrogen-bond donors (Lipinski definition) is 2. The number of nitrogens with one attached hydrogen (secondary N) is 2. The Balaban J connectivity index is 1.61. The predicted molar refractivity (Wildman–Crippen MR) is 163 cm³/mol. The van der Waals surface area contributed by atoms with Crippen molar-refractivity contribution >= 4 is 17.4 Å². The summed E-state index contributed by atoms with van der Waals surface area (Å²) >= 11 is 0. The second-order valence-corrected chi connectivity index (χ2v) is 10.4. The van der Waals surface area contributed by atoms with E-state index in [9.17, 15) is 9.59 Å². The van der Waals surface area contributed by atoms with Gasteiger partial charge in [-0.15, -0.1) is 0 Å². The summed E-state index contributed by atoms with van der Waals surface area (Å²) in [6, 6.07) is 18.4. The first-order valence-corrected chi connectivity index (χ1v) is 14.0. The lowest BCUT2D eigenvalue weighted by atomic mass is 9.71. The molecule has 9 nitrogen and oxygen atoms in total. The van der Waals surface area contributed by atoms with Gasteiger partial charge in [-0.2, -0.15) is 0 Å². The lowest BCUT2D eigenvalue weighted by Crippen LogP contribution is -2.37. The van der Waals surface area contributed by atoms with Crippen molar-refractivity contribution in [1.29, 1.82) is 0 Å². The number of carbonyl (C=O) groups excluding carboxylic acids is 2. The van der Waals surface area contributed by atoms with Gasteiger partial charge in [0.2, 0.25) is 0 Å². The molecule has 2 N–H and O–H groups in total. The average molecular weight is 585 g/mol. The molecular weight excluding hydrogens is 548 g/mol. The molecule has 9 heteroatoms. The number of ketones is 1. The van der Waals surface area contributed by atoms with E-state index in [4.69, 9.17) is 23.7 Å². The highest BCUT2D eigenvalue weighted by atomic mass is 16.5. The van der Waals surface area contributed by atoms with Gasteiger partial charge in [-0.3, -0.25) is 9.59 Å². The van der Waals surface area contributed by atoms with Gasteiger partial charge in [0.1, 0.15) is 5.75 Å². The fourth-order valence-corrected chi connectivity index (χ4v) is 6.07. The molecule has 2 aliphatic rings. The second kappa shape index (κ2) is 12.5. The van der Waals surface area contributed by atoms with Crippen LogP contribution in [-0.4, -0.2) is 47.2 Å². The van der Waals surface area contributed by atoms with Crippen LogP contribution >= 0.6 is 0 Å². The Morgan fingerprint density at radius 3 is 2.19 bits per heavy atom. The van der Waals surface area contributed by atoms with Gasteiger partial charge in [-0.1, -0.05) is 30.3 Å². The lowest BCUT2D eigenvalue weighted by Gasteiger charge is -2.37. The number of amides is 1. The van der Waals surface area contributed by atoms with Gasteiger partial charge in [-0.25, -0.2) is 0 Å². The molecule has 0 radical (unpaired) electrons. The van der Waals surface area contributed by atoms with Crippen molar-refractivity contribution in [3.63, 3.8) is 0 Å². The van der Waals surface area contributed by atoms with Crippen LogP contribution in [0.5, 0.6) is 28.7 Å². The Morgan fingerprint density at radius 1 is 0.791 bits per heavy atom. The maximum Gasteiger partial charge on any atom is 0.254 e. The third kappa shape index (κ3) is 5.50. The molecule has 0 aromatic heterocycles. The predicted octanol–water partition coefficient (Wildman–Crippen LogP) is 5.73. The Kier molecular flexibility index (Phi) is 8.61. The molecule has 0 bridgehead atoms. The van der Waals surface area contributed by atoms with Crippen LogP contribution in [0.2, 0.25) is 0 Å². The van der Waals surface area contributed by atoms with Gasteiger partial charge in [0.25, 0.3) is 5.91 Å². The van der Waals surface area contributed by atoms with Crippen molar-refractivity contribution in [2.45, 2.75) is 31.6 Å². The maximum atomic E-state index is 14.2. The third-order valence-electron chi connectivity index (χ3n) is 8.05. The van der Waals surface area contributed by atoms with Crippen LogP contribution in [0.4, 0.5) is 5.69 Å². The third-order valence-corrected chi connectivity index (χ3v) is 8.05. The number of anilines is 1. The normalized spacial score (nSPS) is 18.0. The molecule has 5 rings (SSSR count). The second-order valence-electron chi connectivity index (χ2n) is 10.4. The number of ether oxygens (including phenoxy) is 5. The zero-order chi connectivity index (χ0) is 30.7. The minimum absolute atomic E-state index is 0.0569. The van der Waals surface area contributed by atoms with Crippen LogP contribution in [0.3, 0.4) is 0 Å². The SMILES string of the molecule is COc1ccccc1NC(=O)C1=C(C)NC2=C(C(=O)CC(c3ccc(OC)c(OC)c3)C2)C1c1cccc(OC)c1OC. The number of allylic oxidation sites excluding steroid dienone is 3. The van der Waals surface area contributed by atoms with E-state index in [-0.39, 0.29) is 24.0 Å². The van der Waals surface area contributed by atoms with Crippen LogP contribution in [0.1, 0.15) is 42.7 Å². The Labute approximate surface area is 251 Å². The number of hydrogen-bond acceptors (Lipinski definition) is 8. The molecule has 1 amide bonds. The van der Waals surface area contributed by atoms with Gasteiger partial charge in [0, 0.05) is 34.5 Å². The largest absolute Gasteiger partial charge is 0.495 e. The zero-order valence-corrected chi connectivity index (χ0v) is 25.2. The molecule has 1 aliphatic carbocycles. The monoisotopic (exact) mass is 584 g/mol. The fraction of sp³-hybridized carbons (Fsp3) is 0.294. The van der Waals surface area contributed by atoms with E-state index in [0.717, 1.165) is 11.3 Å². The number of dihydropyridines is 1. The molecule has 1 heterocycles. The molecule has 2 atom stereocenters. The topological polar surface area (TPSA) is 104 Å². The van der Waals surface area contributed by atoms with E-state index in [0.29, 0.717) is 63.3 Å². The number of carbonyl (C=O) groups is 2. The summed E-state index contributed by atoms with van der Waals surface area (Å²) in [5.41, 5.74) is 4.52. The molecule has 224 valence electrons. The van der Waals surface area contributed by atoms with Crippen LogP contribution in [0.15, 0.2) is 83.2 Å². The first-order chi connectivity index (χ1) is 20.8. The number of benzene rings is 3. The van der Waals surface area contributed by atoms with Crippen molar-refractivity contribution in [1.82, 2.24) is 5.32 Å². The molecule has 3 aromatic carbocycles. The summed E-state index contributed by atoms with van der Waals surface area (Å²) < 4.78 is 27.8. The van der Waals surface area contributed by atoms with Crippen LogP contribution in [0, 0.1) is 0 Å². The van der Waals surface area contributed by atoms with Gasteiger partial charge >= 0.3 is 0 Å². The molecule has 0 saturated carbocycles. The van der Waals surface area contributed by atoms with Crippen LogP contribution in [0.25, 0.3) is 0 Å². The molecular formula is C34H36N2O7. The van der Waals surface area contributed by atoms with Crippen molar-refractivity contribution in [3.05, 3.63) is 94.3 Å². The highest BCUT2D eigenvalue weighted by Gasteiger charge is 2.42. The van der Waals surface area contributed by atoms with Crippen molar-refractivity contribution in [3.8, 4) is 28.7 Å².